The predicted octanol–water partition coefficient (Wildman–Crippen LogP) is 4.07. The molecule has 1 amide bonds. The molecule has 0 aliphatic carbocycles. The number of ether oxygens (including phenoxy) is 1. The number of nitrogen functional groups attached to an aromatic ring is 1. The van der Waals surface area contributed by atoms with Crippen molar-refractivity contribution >= 4 is 39.9 Å². The van der Waals surface area contributed by atoms with Gasteiger partial charge < -0.3 is 20.2 Å². The minimum absolute atomic E-state index is 0.157. The van der Waals surface area contributed by atoms with Gasteiger partial charge in [0.05, 0.1) is 28.8 Å². The Labute approximate surface area is 165 Å². The fourth-order valence-corrected chi connectivity index (χ4v) is 3.78. The minimum Gasteiger partial charge on any atom is -0.497 e. The van der Waals surface area contributed by atoms with Gasteiger partial charge in [-0.1, -0.05) is 18.2 Å². The summed E-state index contributed by atoms with van der Waals surface area (Å²) in [6, 6.07) is 15.9. The van der Waals surface area contributed by atoms with Crippen LogP contribution in [0.3, 0.4) is 0 Å². The van der Waals surface area contributed by atoms with Crippen LogP contribution in [0.25, 0.3) is 5.52 Å². The number of nitrogens with zero attached hydrogens (tertiary/aromatic N) is 1. The monoisotopic (exact) mass is 391 g/mol. The lowest BCUT2D eigenvalue weighted by Crippen LogP contribution is -2.14. The molecule has 0 bridgehead atoms. The first kappa shape index (κ1) is 17.8. The van der Waals surface area contributed by atoms with Crippen LogP contribution in [0.4, 0.5) is 11.4 Å². The van der Waals surface area contributed by atoms with E-state index >= 15 is 0 Å². The number of methoxy groups -OCH3 is 1. The normalized spacial score (nSPS) is 10.8. The van der Waals surface area contributed by atoms with Crippen LogP contribution in [0.15, 0.2) is 66.2 Å². The number of benzene rings is 1. The topological polar surface area (TPSA) is 85.8 Å². The third kappa shape index (κ3) is 3.01. The van der Waals surface area contributed by atoms with E-state index in [0.717, 1.165) is 0 Å². The molecular formula is C21H17N3O3S. The average Bonchev–Trinajstić information content (AvgIpc) is 3.33. The Morgan fingerprint density at radius 2 is 1.96 bits per heavy atom. The van der Waals surface area contributed by atoms with Crippen molar-refractivity contribution in [3.05, 3.63) is 82.3 Å². The summed E-state index contributed by atoms with van der Waals surface area (Å²) in [5.41, 5.74) is 8.17. The number of hydrogen-bond donors (Lipinski definition) is 2. The van der Waals surface area contributed by atoms with Gasteiger partial charge in [0, 0.05) is 18.0 Å². The Morgan fingerprint density at radius 1 is 1.11 bits per heavy atom. The molecule has 0 aliphatic rings. The highest BCUT2D eigenvalue weighted by Gasteiger charge is 2.26. The van der Waals surface area contributed by atoms with E-state index in [-0.39, 0.29) is 28.6 Å². The van der Waals surface area contributed by atoms with Crippen LogP contribution in [-0.4, -0.2) is 23.2 Å². The molecule has 0 spiro atoms. The Morgan fingerprint density at radius 3 is 2.71 bits per heavy atom. The highest BCUT2D eigenvalue weighted by atomic mass is 32.1. The third-order valence-corrected chi connectivity index (χ3v) is 5.26. The largest absolute Gasteiger partial charge is 0.497 e. The first-order valence-corrected chi connectivity index (χ1v) is 9.40. The van der Waals surface area contributed by atoms with Crippen LogP contribution < -0.4 is 15.8 Å². The number of ketones is 1. The molecule has 3 heterocycles. The second-order valence-corrected chi connectivity index (χ2v) is 7.03. The van der Waals surface area contributed by atoms with Gasteiger partial charge in [0.2, 0.25) is 5.78 Å². The fraction of sp³-hybridized carbons (Fsp3) is 0.0476. The van der Waals surface area contributed by atoms with Gasteiger partial charge in [0.25, 0.3) is 5.91 Å². The molecule has 7 heteroatoms. The van der Waals surface area contributed by atoms with Crippen molar-refractivity contribution in [1.29, 1.82) is 0 Å². The Bertz CT molecular complexity index is 1180. The van der Waals surface area contributed by atoms with Gasteiger partial charge >= 0.3 is 0 Å². The number of amides is 1. The summed E-state index contributed by atoms with van der Waals surface area (Å²) in [4.78, 5) is 26.6. The van der Waals surface area contributed by atoms with Crippen molar-refractivity contribution in [2.75, 3.05) is 18.2 Å². The lowest BCUT2D eigenvalue weighted by Gasteiger charge is -2.07. The predicted molar refractivity (Wildman–Crippen MR) is 111 cm³/mol. The second-order valence-electron chi connectivity index (χ2n) is 6.09. The quantitative estimate of drug-likeness (QED) is 0.502. The van der Waals surface area contributed by atoms with Crippen LogP contribution in [-0.2, 0) is 0 Å². The SMILES string of the molecule is COc1cccc(NC(=O)c2c(N)c(C(=O)c3cccs3)n3ccccc23)c1. The van der Waals surface area contributed by atoms with Gasteiger partial charge in [-0.15, -0.1) is 11.3 Å². The third-order valence-electron chi connectivity index (χ3n) is 4.40. The van der Waals surface area contributed by atoms with Crippen molar-refractivity contribution in [1.82, 2.24) is 4.40 Å². The summed E-state index contributed by atoms with van der Waals surface area (Å²) in [7, 11) is 1.56. The molecular weight excluding hydrogens is 374 g/mol. The number of rotatable bonds is 5. The van der Waals surface area contributed by atoms with Crippen molar-refractivity contribution in [2.24, 2.45) is 0 Å². The first-order valence-electron chi connectivity index (χ1n) is 8.52. The molecule has 140 valence electrons. The van der Waals surface area contributed by atoms with E-state index < -0.39 is 0 Å². The zero-order chi connectivity index (χ0) is 19.7. The number of pyridine rings is 1. The maximum Gasteiger partial charge on any atom is 0.259 e. The molecule has 0 radical (unpaired) electrons. The number of aromatic nitrogens is 1. The minimum atomic E-state index is -0.389. The number of hydrogen-bond acceptors (Lipinski definition) is 5. The van der Waals surface area contributed by atoms with E-state index in [1.807, 2.05) is 5.38 Å². The molecule has 0 aliphatic heterocycles. The summed E-state index contributed by atoms with van der Waals surface area (Å²) in [6.45, 7) is 0. The molecule has 0 saturated carbocycles. The van der Waals surface area contributed by atoms with Crippen LogP contribution in [0.2, 0.25) is 0 Å². The summed E-state index contributed by atoms with van der Waals surface area (Å²) in [5, 5.41) is 4.66. The second kappa shape index (κ2) is 7.21. The molecule has 1 aromatic carbocycles. The molecule has 0 unspecified atom stereocenters. The van der Waals surface area contributed by atoms with Gasteiger partial charge in [-0.25, -0.2) is 0 Å². The molecule has 0 saturated heterocycles. The number of thiophene rings is 1. The molecule has 3 aromatic heterocycles. The van der Waals surface area contributed by atoms with Crippen LogP contribution in [0.1, 0.15) is 25.7 Å². The average molecular weight is 391 g/mol. The summed E-state index contributed by atoms with van der Waals surface area (Å²) >= 11 is 1.33. The highest BCUT2D eigenvalue weighted by molar-refractivity contribution is 7.12. The van der Waals surface area contributed by atoms with Gasteiger partial charge in [-0.3, -0.25) is 9.59 Å². The highest BCUT2D eigenvalue weighted by Crippen LogP contribution is 2.30. The van der Waals surface area contributed by atoms with Gasteiger partial charge in [-0.05, 0) is 35.7 Å². The Kier molecular flexibility index (Phi) is 4.58. The number of carbonyl (C=O) groups excluding carboxylic acids is 2. The molecule has 0 atom stereocenters. The molecule has 0 fully saturated rings. The summed E-state index contributed by atoms with van der Waals surface area (Å²) in [5.74, 6) is 0.0230. The van der Waals surface area contributed by atoms with Crippen molar-refractivity contribution < 1.29 is 14.3 Å². The van der Waals surface area contributed by atoms with Gasteiger partial charge in [0.15, 0.2) is 0 Å². The van der Waals surface area contributed by atoms with Crippen LogP contribution in [0.5, 0.6) is 5.75 Å². The molecule has 28 heavy (non-hydrogen) atoms. The molecule has 3 N–H and O–H groups in total. The van der Waals surface area contributed by atoms with Gasteiger partial charge in [-0.2, -0.15) is 0 Å². The lowest BCUT2D eigenvalue weighted by molar-refractivity contribution is 0.102. The van der Waals surface area contributed by atoms with E-state index in [9.17, 15) is 9.59 Å². The van der Waals surface area contributed by atoms with E-state index in [4.69, 9.17) is 10.5 Å². The molecule has 4 aromatic rings. The van der Waals surface area contributed by atoms with E-state index in [1.165, 1.54) is 11.3 Å². The van der Waals surface area contributed by atoms with Crippen LogP contribution >= 0.6 is 11.3 Å². The van der Waals surface area contributed by atoms with Crippen molar-refractivity contribution in [3.8, 4) is 5.75 Å². The number of anilines is 2. The molecule has 6 nitrogen and oxygen atoms in total. The van der Waals surface area contributed by atoms with Crippen molar-refractivity contribution in [3.63, 3.8) is 0 Å². The Hall–Kier alpha value is -3.58. The first-order chi connectivity index (χ1) is 13.6. The van der Waals surface area contributed by atoms with Crippen molar-refractivity contribution in [2.45, 2.75) is 0 Å². The lowest BCUT2D eigenvalue weighted by atomic mass is 10.1. The summed E-state index contributed by atoms with van der Waals surface area (Å²) in [6.07, 6.45) is 1.73. The van der Waals surface area contributed by atoms with E-state index in [2.05, 4.69) is 5.32 Å². The number of nitrogens with one attached hydrogen (secondary N) is 1. The fourth-order valence-electron chi connectivity index (χ4n) is 3.12. The zero-order valence-corrected chi connectivity index (χ0v) is 15.8. The van der Waals surface area contributed by atoms with E-state index in [1.54, 1.807) is 72.3 Å². The number of nitrogens with two attached hydrogens (primary N) is 1. The molecule has 4 rings (SSSR count). The smallest absolute Gasteiger partial charge is 0.259 e. The zero-order valence-electron chi connectivity index (χ0n) is 15.0. The standard InChI is InChI=1S/C21H17N3O3S/c1-27-14-7-4-6-13(12-14)23-21(26)17-15-8-2-3-10-24(15)19(18(17)22)20(25)16-9-5-11-28-16/h2-12H,22H2,1H3,(H,23,26). The Balaban J connectivity index is 1.80. The van der Waals surface area contributed by atoms with Crippen LogP contribution in [0, 0.1) is 0 Å². The maximum absolute atomic E-state index is 13.0. The number of carbonyl (C=O) groups is 2. The summed E-state index contributed by atoms with van der Waals surface area (Å²) < 4.78 is 6.85. The van der Waals surface area contributed by atoms with E-state index in [0.29, 0.717) is 21.8 Å². The van der Waals surface area contributed by atoms with Gasteiger partial charge in [0.1, 0.15) is 11.4 Å². The number of fused-ring (bicyclic) bond motifs is 1. The maximum atomic E-state index is 13.0.